The fourth-order valence-corrected chi connectivity index (χ4v) is 3.33. The average molecular weight is 319 g/mol. The molecule has 1 unspecified atom stereocenters. The second kappa shape index (κ2) is 6.49. The van der Waals surface area contributed by atoms with Gasteiger partial charge in [-0.25, -0.2) is 4.98 Å². The first-order chi connectivity index (χ1) is 11.9. The molecule has 0 radical (unpaired) electrons. The van der Waals surface area contributed by atoms with Gasteiger partial charge in [0.25, 0.3) is 0 Å². The number of hydrogen-bond acceptors (Lipinski definition) is 3. The van der Waals surface area contributed by atoms with Gasteiger partial charge in [0.1, 0.15) is 11.5 Å². The third-order valence-corrected chi connectivity index (χ3v) is 4.66. The van der Waals surface area contributed by atoms with Crippen LogP contribution in [0.2, 0.25) is 0 Å². The lowest BCUT2D eigenvalue weighted by atomic mass is 9.94. The summed E-state index contributed by atoms with van der Waals surface area (Å²) in [5.41, 5.74) is 2.38. The molecular weight excluding hydrogens is 298 g/mol. The fraction of sp³-hybridized carbons (Fsp3) is 0.250. The first kappa shape index (κ1) is 15.0. The van der Waals surface area contributed by atoms with E-state index >= 15 is 0 Å². The van der Waals surface area contributed by atoms with Gasteiger partial charge in [-0.1, -0.05) is 43.3 Å². The summed E-state index contributed by atoms with van der Waals surface area (Å²) in [5.74, 6) is 1.87. The Bertz CT molecular complexity index is 768. The van der Waals surface area contributed by atoms with Crippen molar-refractivity contribution in [2.75, 3.05) is 6.54 Å². The van der Waals surface area contributed by atoms with E-state index in [1.54, 1.807) is 0 Å². The number of fused-ring (bicyclic) bond motifs is 2. The highest BCUT2D eigenvalue weighted by molar-refractivity contribution is 5.52. The van der Waals surface area contributed by atoms with Gasteiger partial charge in [-0.05, 0) is 18.6 Å². The molecule has 1 aliphatic rings. The Morgan fingerprint density at radius 3 is 2.33 bits per heavy atom. The molecule has 4 heteroatoms. The monoisotopic (exact) mass is 319 g/mol. The summed E-state index contributed by atoms with van der Waals surface area (Å²) in [6.45, 7) is 3.08. The summed E-state index contributed by atoms with van der Waals surface area (Å²) in [4.78, 5) is 4.17. The van der Waals surface area contributed by atoms with E-state index in [1.165, 1.54) is 11.1 Å². The van der Waals surface area contributed by atoms with Gasteiger partial charge in [0.15, 0.2) is 0 Å². The minimum atomic E-state index is 0.142. The number of rotatable bonds is 5. The van der Waals surface area contributed by atoms with Crippen LogP contribution in [0.1, 0.15) is 36.6 Å². The summed E-state index contributed by atoms with van der Waals surface area (Å²) in [7, 11) is 0. The van der Waals surface area contributed by atoms with E-state index in [0.29, 0.717) is 6.04 Å². The van der Waals surface area contributed by atoms with E-state index < -0.39 is 0 Å². The van der Waals surface area contributed by atoms with E-state index in [1.807, 2.05) is 43.0 Å². The Kier molecular flexibility index (Phi) is 4.05. The van der Waals surface area contributed by atoms with Crippen molar-refractivity contribution in [1.82, 2.24) is 14.9 Å². The molecule has 0 spiro atoms. The Morgan fingerprint density at radius 2 is 1.75 bits per heavy atom. The number of benzene rings is 2. The van der Waals surface area contributed by atoms with Gasteiger partial charge < -0.3 is 14.6 Å². The van der Waals surface area contributed by atoms with E-state index in [4.69, 9.17) is 4.74 Å². The van der Waals surface area contributed by atoms with Crippen LogP contribution in [0.3, 0.4) is 0 Å². The molecule has 1 N–H and O–H groups in total. The Balaban J connectivity index is 1.63. The van der Waals surface area contributed by atoms with E-state index in [-0.39, 0.29) is 6.04 Å². The van der Waals surface area contributed by atoms with Crippen molar-refractivity contribution in [3.05, 3.63) is 78.4 Å². The predicted octanol–water partition coefficient (Wildman–Crippen LogP) is 4.32. The van der Waals surface area contributed by atoms with E-state index in [0.717, 1.165) is 24.5 Å². The molecule has 2 aromatic carbocycles. The molecule has 0 amide bonds. The van der Waals surface area contributed by atoms with Gasteiger partial charge in [-0.2, -0.15) is 0 Å². The molecule has 0 bridgehead atoms. The van der Waals surface area contributed by atoms with Crippen LogP contribution in [0.4, 0.5) is 0 Å². The number of imidazole rings is 1. The molecule has 0 aliphatic carbocycles. The Labute approximate surface area is 142 Å². The highest BCUT2D eigenvalue weighted by Crippen LogP contribution is 2.42. The van der Waals surface area contributed by atoms with Crippen LogP contribution in [0.5, 0.6) is 11.5 Å². The maximum absolute atomic E-state index is 6.06. The van der Waals surface area contributed by atoms with Gasteiger partial charge in [0.2, 0.25) is 0 Å². The van der Waals surface area contributed by atoms with Crippen LogP contribution in [0.15, 0.2) is 67.3 Å². The van der Waals surface area contributed by atoms with Crippen LogP contribution < -0.4 is 10.1 Å². The maximum atomic E-state index is 6.06. The lowest BCUT2D eigenvalue weighted by Crippen LogP contribution is -2.31. The zero-order valence-electron chi connectivity index (χ0n) is 13.7. The molecule has 0 fully saturated rings. The number of para-hydroxylation sites is 2. The summed E-state index contributed by atoms with van der Waals surface area (Å²) in [5, 5.41) is 3.74. The summed E-state index contributed by atoms with van der Waals surface area (Å²) in [6.07, 6.45) is 6.81. The third-order valence-electron chi connectivity index (χ3n) is 4.66. The predicted molar refractivity (Wildman–Crippen MR) is 94.4 cm³/mol. The molecule has 1 aromatic heterocycles. The molecule has 122 valence electrons. The lowest BCUT2D eigenvalue weighted by molar-refractivity contribution is 0.396. The molecule has 0 saturated carbocycles. The van der Waals surface area contributed by atoms with Crippen molar-refractivity contribution >= 4 is 0 Å². The molecule has 1 atom stereocenters. The average Bonchev–Trinajstić information content (AvgIpc) is 3.16. The molecule has 24 heavy (non-hydrogen) atoms. The summed E-state index contributed by atoms with van der Waals surface area (Å²) in [6, 6.07) is 17.0. The lowest BCUT2D eigenvalue weighted by Gasteiger charge is -2.30. The first-order valence-corrected chi connectivity index (χ1v) is 8.43. The normalized spacial score (nSPS) is 14.5. The van der Waals surface area contributed by atoms with Crippen molar-refractivity contribution in [1.29, 1.82) is 0 Å². The van der Waals surface area contributed by atoms with E-state index in [2.05, 4.69) is 46.1 Å². The van der Waals surface area contributed by atoms with Crippen molar-refractivity contribution in [2.24, 2.45) is 0 Å². The fourth-order valence-electron chi connectivity index (χ4n) is 3.33. The van der Waals surface area contributed by atoms with Gasteiger partial charge in [-0.15, -0.1) is 0 Å². The second-order valence-corrected chi connectivity index (χ2v) is 6.09. The largest absolute Gasteiger partial charge is 0.457 e. The standard InChI is InChI=1S/C20H21N3O/c1-2-15(23-12-11-21-14-23)13-22-20-16-7-3-5-9-18(16)24-19-10-6-4-8-17(19)20/h3-12,14-15,20,22H,2,13H2,1H3. The van der Waals surface area contributed by atoms with Crippen molar-refractivity contribution in [2.45, 2.75) is 25.4 Å². The van der Waals surface area contributed by atoms with Crippen LogP contribution >= 0.6 is 0 Å². The zero-order valence-corrected chi connectivity index (χ0v) is 13.7. The van der Waals surface area contributed by atoms with Crippen molar-refractivity contribution in [3.63, 3.8) is 0 Å². The maximum Gasteiger partial charge on any atom is 0.132 e. The van der Waals surface area contributed by atoms with Crippen LogP contribution in [0.25, 0.3) is 0 Å². The molecule has 1 aliphatic heterocycles. The summed E-state index contributed by atoms with van der Waals surface area (Å²) >= 11 is 0. The first-order valence-electron chi connectivity index (χ1n) is 8.43. The smallest absolute Gasteiger partial charge is 0.132 e. The molecule has 4 nitrogen and oxygen atoms in total. The minimum absolute atomic E-state index is 0.142. The highest BCUT2D eigenvalue weighted by Gasteiger charge is 2.26. The SMILES string of the molecule is CCC(CNC1c2ccccc2Oc2ccccc21)n1ccnc1. The van der Waals surface area contributed by atoms with Gasteiger partial charge in [0.05, 0.1) is 12.4 Å². The van der Waals surface area contributed by atoms with Gasteiger partial charge >= 0.3 is 0 Å². The number of aromatic nitrogens is 2. The van der Waals surface area contributed by atoms with Crippen molar-refractivity contribution in [3.8, 4) is 11.5 Å². The molecule has 2 heterocycles. The Hall–Kier alpha value is -2.59. The molecular formula is C20H21N3O. The van der Waals surface area contributed by atoms with Crippen LogP contribution in [-0.4, -0.2) is 16.1 Å². The number of hydrogen-bond donors (Lipinski definition) is 1. The number of nitrogens with zero attached hydrogens (tertiary/aromatic N) is 2. The van der Waals surface area contributed by atoms with Crippen LogP contribution in [-0.2, 0) is 0 Å². The third kappa shape index (κ3) is 2.69. The van der Waals surface area contributed by atoms with Crippen LogP contribution in [0, 0.1) is 0 Å². The number of ether oxygens (including phenoxy) is 1. The van der Waals surface area contributed by atoms with Gasteiger partial charge in [-0.3, -0.25) is 0 Å². The summed E-state index contributed by atoms with van der Waals surface area (Å²) < 4.78 is 8.23. The Morgan fingerprint density at radius 1 is 1.08 bits per heavy atom. The molecule has 0 saturated heterocycles. The number of nitrogens with one attached hydrogen (secondary N) is 1. The zero-order chi connectivity index (χ0) is 16.4. The quantitative estimate of drug-likeness (QED) is 0.761. The highest BCUT2D eigenvalue weighted by atomic mass is 16.5. The second-order valence-electron chi connectivity index (χ2n) is 6.09. The van der Waals surface area contributed by atoms with Crippen molar-refractivity contribution < 1.29 is 4.74 Å². The van der Waals surface area contributed by atoms with Gasteiger partial charge in [0, 0.05) is 36.1 Å². The topological polar surface area (TPSA) is 39.1 Å². The molecule has 4 rings (SSSR count). The van der Waals surface area contributed by atoms with E-state index in [9.17, 15) is 0 Å². The molecule has 3 aromatic rings. The minimum Gasteiger partial charge on any atom is -0.457 e.